The second kappa shape index (κ2) is 3.94. The molecule has 0 saturated heterocycles. The fourth-order valence-electron chi connectivity index (χ4n) is 1.67. The third kappa shape index (κ3) is 1.79. The van der Waals surface area contributed by atoms with Crippen molar-refractivity contribution in [1.82, 2.24) is 9.78 Å². The Bertz CT molecular complexity index is 488. The molecule has 1 aromatic carbocycles. The molecule has 1 aromatic heterocycles. The van der Waals surface area contributed by atoms with Gasteiger partial charge in [0.25, 0.3) is 0 Å². The van der Waals surface area contributed by atoms with E-state index in [1.807, 2.05) is 4.68 Å². The number of aromatic nitrogens is 2. The van der Waals surface area contributed by atoms with Crippen LogP contribution in [0.2, 0.25) is 0 Å². The molecule has 2 aromatic rings. The first-order valence-corrected chi connectivity index (χ1v) is 5.79. The monoisotopic (exact) mass is 267 g/mol. The molecule has 80 valence electrons. The van der Waals surface area contributed by atoms with E-state index in [0.717, 1.165) is 21.1 Å². The molecule has 0 aliphatic heterocycles. The largest absolute Gasteiger partial charge is 0.326 e. The van der Waals surface area contributed by atoms with Crippen molar-refractivity contribution < 1.29 is 0 Å². The van der Waals surface area contributed by atoms with Gasteiger partial charge in [-0.25, -0.2) is 0 Å². The summed E-state index contributed by atoms with van der Waals surface area (Å²) in [5.74, 6) is 0. The van der Waals surface area contributed by atoms with Crippen LogP contribution in [-0.4, -0.2) is 9.78 Å². The Balaban J connectivity index is 2.69. The fraction of sp³-hybridized carbons (Fsp3) is 0.364. The summed E-state index contributed by atoms with van der Waals surface area (Å²) >= 11 is 3.48. The standard InChI is InChI=1S/C11H14BrN3/c1-7(2)15-10-4-3-8(6-13)5-9(10)11(12)14-15/h3-5,7H,6,13H2,1-2H3. The molecule has 0 spiro atoms. The van der Waals surface area contributed by atoms with Gasteiger partial charge < -0.3 is 5.73 Å². The SMILES string of the molecule is CC(C)n1nc(Br)c2cc(CN)ccc21. The predicted molar refractivity (Wildman–Crippen MR) is 65.7 cm³/mol. The summed E-state index contributed by atoms with van der Waals surface area (Å²) in [6.45, 7) is 4.81. The van der Waals surface area contributed by atoms with Gasteiger partial charge in [-0.05, 0) is 47.5 Å². The van der Waals surface area contributed by atoms with Crippen molar-refractivity contribution in [3.8, 4) is 0 Å². The van der Waals surface area contributed by atoms with Crippen molar-refractivity contribution in [2.45, 2.75) is 26.4 Å². The smallest absolute Gasteiger partial charge is 0.136 e. The highest BCUT2D eigenvalue weighted by Gasteiger charge is 2.10. The zero-order valence-corrected chi connectivity index (χ0v) is 10.5. The van der Waals surface area contributed by atoms with Gasteiger partial charge in [-0.15, -0.1) is 0 Å². The maximum Gasteiger partial charge on any atom is 0.136 e. The van der Waals surface area contributed by atoms with E-state index in [0.29, 0.717) is 12.6 Å². The number of hydrogen-bond acceptors (Lipinski definition) is 2. The second-order valence-electron chi connectivity index (χ2n) is 3.88. The minimum atomic E-state index is 0.363. The molecule has 2 rings (SSSR count). The number of nitrogens with zero attached hydrogens (tertiary/aromatic N) is 2. The first-order valence-electron chi connectivity index (χ1n) is 5.00. The van der Waals surface area contributed by atoms with Crippen molar-refractivity contribution in [1.29, 1.82) is 0 Å². The van der Waals surface area contributed by atoms with E-state index in [1.54, 1.807) is 0 Å². The minimum Gasteiger partial charge on any atom is -0.326 e. The molecule has 0 fully saturated rings. The number of halogens is 1. The van der Waals surface area contributed by atoms with Crippen molar-refractivity contribution in [2.24, 2.45) is 5.73 Å². The number of hydrogen-bond donors (Lipinski definition) is 1. The molecule has 0 aliphatic rings. The van der Waals surface area contributed by atoms with Crippen LogP contribution in [0.4, 0.5) is 0 Å². The molecule has 0 amide bonds. The summed E-state index contributed by atoms with van der Waals surface area (Å²) in [7, 11) is 0. The minimum absolute atomic E-state index is 0.363. The Labute approximate surface area is 97.4 Å². The van der Waals surface area contributed by atoms with E-state index in [1.165, 1.54) is 0 Å². The van der Waals surface area contributed by atoms with Crippen LogP contribution in [0.15, 0.2) is 22.8 Å². The summed E-state index contributed by atoms with van der Waals surface area (Å²) in [6.07, 6.45) is 0. The highest BCUT2D eigenvalue weighted by atomic mass is 79.9. The van der Waals surface area contributed by atoms with Gasteiger partial charge in [0.2, 0.25) is 0 Å². The lowest BCUT2D eigenvalue weighted by atomic mass is 10.1. The predicted octanol–water partition coefficient (Wildman–Crippen LogP) is 2.84. The summed E-state index contributed by atoms with van der Waals surface area (Å²) in [5.41, 5.74) is 7.89. The first kappa shape index (κ1) is 10.6. The van der Waals surface area contributed by atoms with Crippen LogP contribution < -0.4 is 5.73 Å². The molecule has 0 saturated carbocycles. The van der Waals surface area contributed by atoms with E-state index < -0.39 is 0 Å². The van der Waals surface area contributed by atoms with Gasteiger partial charge >= 0.3 is 0 Å². The Morgan fingerprint density at radius 1 is 1.47 bits per heavy atom. The Morgan fingerprint density at radius 3 is 2.80 bits per heavy atom. The van der Waals surface area contributed by atoms with Crippen LogP contribution in [0.1, 0.15) is 25.5 Å². The summed E-state index contributed by atoms with van der Waals surface area (Å²) in [6, 6.07) is 6.58. The number of benzene rings is 1. The first-order chi connectivity index (χ1) is 7.13. The van der Waals surface area contributed by atoms with Gasteiger partial charge in [0.1, 0.15) is 4.60 Å². The number of nitrogens with two attached hydrogens (primary N) is 1. The van der Waals surface area contributed by atoms with Gasteiger partial charge in [0, 0.05) is 18.0 Å². The van der Waals surface area contributed by atoms with Crippen molar-refractivity contribution in [3.05, 3.63) is 28.4 Å². The molecule has 0 unspecified atom stereocenters. The van der Waals surface area contributed by atoms with Gasteiger partial charge in [-0.3, -0.25) is 4.68 Å². The van der Waals surface area contributed by atoms with E-state index in [4.69, 9.17) is 5.73 Å². The lowest BCUT2D eigenvalue weighted by molar-refractivity contribution is 0.548. The quantitative estimate of drug-likeness (QED) is 0.910. The van der Waals surface area contributed by atoms with Gasteiger partial charge in [0.15, 0.2) is 0 Å². The lowest BCUT2D eigenvalue weighted by Gasteiger charge is -2.06. The van der Waals surface area contributed by atoms with Crippen molar-refractivity contribution >= 4 is 26.8 Å². The maximum atomic E-state index is 5.62. The van der Waals surface area contributed by atoms with E-state index in [-0.39, 0.29) is 0 Å². The molecular weight excluding hydrogens is 254 g/mol. The van der Waals surface area contributed by atoms with Crippen LogP contribution >= 0.6 is 15.9 Å². The lowest BCUT2D eigenvalue weighted by Crippen LogP contribution is -2.02. The summed E-state index contributed by atoms with van der Waals surface area (Å²) in [5, 5.41) is 5.59. The highest BCUT2D eigenvalue weighted by Crippen LogP contribution is 2.26. The average molecular weight is 268 g/mol. The topological polar surface area (TPSA) is 43.8 Å². The molecule has 4 heteroatoms. The average Bonchev–Trinajstić information content (AvgIpc) is 2.56. The third-order valence-corrected chi connectivity index (χ3v) is 3.04. The van der Waals surface area contributed by atoms with E-state index >= 15 is 0 Å². The zero-order valence-electron chi connectivity index (χ0n) is 8.87. The van der Waals surface area contributed by atoms with Crippen molar-refractivity contribution in [3.63, 3.8) is 0 Å². The molecule has 2 N–H and O–H groups in total. The molecular formula is C11H14BrN3. The molecule has 0 atom stereocenters. The molecule has 0 aliphatic carbocycles. The Hall–Kier alpha value is -0.870. The van der Waals surface area contributed by atoms with Crippen molar-refractivity contribution in [2.75, 3.05) is 0 Å². The van der Waals surface area contributed by atoms with Gasteiger partial charge in [-0.1, -0.05) is 6.07 Å². The number of rotatable bonds is 2. The molecule has 15 heavy (non-hydrogen) atoms. The molecule has 3 nitrogen and oxygen atoms in total. The maximum absolute atomic E-state index is 5.62. The summed E-state index contributed by atoms with van der Waals surface area (Å²) in [4.78, 5) is 0. The van der Waals surface area contributed by atoms with Crippen LogP contribution in [0.3, 0.4) is 0 Å². The Morgan fingerprint density at radius 2 is 2.20 bits per heavy atom. The van der Waals surface area contributed by atoms with Crippen LogP contribution in [0.25, 0.3) is 10.9 Å². The van der Waals surface area contributed by atoms with Crippen LogP contribution in [-0.2, 0) is 6.54 Å². The van der Waals surface area contributed by atoms with Crippen LogP contribution in [0.5, 0.6) is 0 Å². The Kier molecular flexibility index (Phi) is 2.80. The normalized spacial score (nSPS) is 11.5. The molecule has 0 radical (unpaired) electrons. The second-order valence-corrected chi connectivity index (χ2v) is 4.64. The van der Waals surface area contributed by atoms with E-state index in [9.17, 15) is 0 Å². The summed E-state index contributed by atoms with van der Waals surface area (Å²) < 4.78 is 2.90. The van der Waals surface area contributed by atoms with E-state index in [2.05, 4.69) is 53.1 Å². The zero-order chi connectivity index (χ0) is 11.0. The van der Waals surface area contributed by atoms with Crippen LogP contribution in [0, 0.1) is 0 Å². The molecule has 0 bridgehead atoms. The fourth-order valence-corrected chi connectivity index (χ4v) is 2.16. The van der Waals surface area contributed by atoms with Gasteiger partial charge in [0.05, 0.1) is 5.52 Å². The highest BCUT2D eigenvalue weighted by molar-refractivity contribution is 9.10. The van der Waals surface area contributed by atoms with Gasteiger partial charge in [-0.2, -0.15) is 5.10 Å². The number of fused-ring (bicyclic) bond motifs is 1. The third-order valence-electron chi connectivity index (χ3n) is 2.45. The molecule has 1 heterocycles.